The molecule has 5 nitrogen and oxygen atoms in total. The van der Waals surface area contributed by atoms with Gasteiger partial charge in [-0.1, -0.05) is 12.1 Å². The molecule has 4 rings (SSSR count). The number of halogens is 3. The number of carbonyl (C=O) groups excluding carboxylic acids is 1. The second-order valence-corrected chi connectivity index (χ2v) is 6.29. The van der Waals surface area contributed by atoms with Crippen molar-refractivity contribution in [3.63, 3.8) is 0 Å². The van der Waals surface area contributed by atoms with Crippen molar-refractivity contribution < 1.29 is 23.1 Å². The van der Waals surface area contributed by atoms with Crippen LogP contribution in [0.2, 0.25) is 0 Å². The fraction of sp³-hybridized carbons (Fsp3) is 0.158. The Morgan fingerprint density at radius 2 is 1.74 bits per heavy atom. The van der Waals surface area contributed by atoms with Crippen LogP contribution in [0.1, 0.15) is 29.2 Å². The summed E-state index contributed by atoms with van der Waals surface area (Å²) in [5.74, 6) is 0.0397. The third-order valence-corrected chi connectivity index (χ3v) is 4.54. The number of fused-ring (bicyclic) bond motifs is 1. The Labute approximate surface area is 152 Å². The molecule has 0 aliphatic carbocycles. The van der Waals surface area contributed by atoms with Gasteiger partial charge in [0.2, 0.25) is 5.91 Å². The number of benzene rings is 2. The summed E-state index contributed by atoms with van der Waals surface area (Å²) in [6.45, 7) is 0. The zero-order valence-electron chi connectivity index (χ0n) is 13.9. The number of nitrogens with one attached hydrogen (secondary N) is 1. The topological polar surface area (TPSA) is 67.1 Å². The molecule has 1 aliphatic heterocycles. The van der Waals surface area contributed by atoms with Gasteiger partial charge in [0, 0.05) is 18.0 Å². The van der Waals surface area contributed by atoms with E-state index < -0.39 is 11.7 Å². The first-order valence-corrected chi connectivity index (χ1v) is 8.16. The Hall–Kier alpha value is -3.29. The molecule has 138 valence electrons. The smallest absolute Gasteiger partial charge is 0.416 e. The monoisotopic (exact) mass is 373 g/mol. The molecular formula is C19H14F3N3O2. The number of hydrogen-bond acceptors (Lipinski definition) is 3. The highest BCUT2D eigenvalue weighted by atomic mass is 19.4. The van der Waals surface area contributed by atoms with E-state index in [9.17, 15) is 23.1 Å². The molecule has 0 saturated carbocycles. The van der Waals surface area contributed by atoms with Crippen LogP contribution < -0.4 is 5.32 Å². The van der Waals surface area contributed by atoms with Gasteiger partial charge in [0.15, 0.2) is 0 Å². The van der Waals surface area contributed by atoms with Gasteiger partial charge in [0.25, 0.3) is 0 Å². The highest BCUT2D eigenvalue weighted by molar-refractivity contribution is 5.94. The van der Waals surface area contributed by atoms with E-state index in [2.05, 4.69) is 10.3 Å². The molecule has 1 amide bonds. The van der Waals surface area contributed by atoms with Gasteiger partial charge in [-0.3, -0.25) is 9.36 Å². The lowest BCUT2D eigenvalue weighted by molar-refractivity contribution is -0.137. The molecule has 1 unspecified atom stereocenters. The lowest BCUT2D eigenvalue weighted by Gasteiger charge is -2.23. The van der Waals surface area contributed by atoms with E-state index in [1.165, 1.54) is 30.6 Å². The van der Waals surface area contributed by atoms with Crippen LogP contribution in [0.15, 0.2) is 54.9 Å². The summed E-state index contributed by atoms with van der Waals surface area (Å²) in [4.78, 5) is 16.6. The van der Waals surface area contributed by atoms with Gasteiger partial charge < -0.3 is 10.4 Å². The Morgan fingerprint density at radius 1 is 1.07 bits per heavy atom. The second-order valence-electron chi connectivity index (χ2n) is 6.29. The number of phenols is 1. The number of hydrogen-bond donors (Lipinski definition) is 2. The van der Waals surface area contributed by atoms with E-state index in [-0.39, 0.29) is 24.0 Å². The van der Waals surface area contributed by atoms with Crippen molar-refractivity contribution in [2.45, 2.75) is 18.5 Å². The van der Waals surface area contributed by atoms with Crippen LogP contribution >= 0.6 is 0 Å². The van der Waals surface area contributed by atoms with Gasteiger partial charge in [-0.15, -0.1) is 0 Å². The average molecular weight is 373 g/mol. The van der Waals surface area contributed by atoms with E-state index >= 15 is 0 Å². The van der Waals surface area contributed by atoms with E-state index in [0.29, 0.717) is 17.2 Å². The van der Waals surface area contributed by atoms with Crippen LogP contribution in [0.5, 0.6) is 5.75 Å². The van der Waals surface area contributed by atoms with Gasteiger partial charge in [-0.25, -0.2) is 4.98 Å². The van der Waals surface area contributed by atoms with E-state index in [4.69, 9.17) is 0 Å². The molecule has 2 N–H and O–H groups in total. The van der Waals surface area contributed by atoms with Gasteiger partial charge in [-0.05, 0) is 42.0 Å². The molecule has 1 atom stereocenters. The minimum Gasteiger partial charge on any atom is -0.508 e. The summed E-state index contributed by atoms with van der Waals surface area (Å²) in [5, 5.41) is 12.2. The molecule has 0 bridgehead atoms. The summed E-state index contributed by atoms with van der Waals surface area (Å²) >= 11 is 0. The second kappa shape index (κ2) is 6.15. The highest BCUT2D eigenvalue weighted by Crippen LogP contribution is 2.38. The number of anilines is 1. The molecule has 27 heavy (non-hydrogen) atoms. The summed E-state index contributed by atoms with van der Waals surface area (Å²) < 4.78 is 39.8. The van der Waals surface area contributed by atoms with Gasteiger partial charge in [0.1, 0.15) is 17.9 Å². The summed E-state index contributed by atoms with van der Waals surface area (Å²) in [7, 11) is 0. The van der Waals surface area contributed by atoms with E-state index in [1.54, 1.807) is 16.7 Å². The summed E-state index contributed by atoms with van der Waals surface area (Å²) in [5.41, 5.74) is 1.16. The number of aromatic hydroxyl groups is 1. The molecule has 0 saturated heterocycles. The van der Waals surface area contributed by atoms with Crippen molar-refractivity contribution in [1.29, 1.82) is 0 Å². The van der Waals surface area contributed by atoms with Crippen LogP contribution in [0.25, 0.3) is 5.69 Å². The van der Waals surface area contributed by atoms with Gasteiger partial charge >= 0.3 is 6.18 Å². The number of imidazole rings is 1. The molecule has 1 aromatic heterocycles. The molecule has 0 radical (unpaired) electrons. The number of nitrogens with zero attached hydrogens (tertiary/aromatic N) is 2. The van der Waals surface area contributed by atoms with Crippen molar-refractivity contribution in [3.05, 3.63) is 71.7 Å². The maximum Gasteiger partial charge on any atom is 0.416 e. The average Bonchev–Trinajstić information content (AvgIpc) is 3.05. The number of rotatable bonds is 2. The van der Waals surface area contributed by atoms with Crippen LogP contribution in [0.4, 0.5) is 19.0 Å². The first kappa shape index (κ1) is 17.1. The Balaban J connectivity index is 1.74. The minimum absolute atomic E-state index is 0.120. The van der Waals surface area contributed by atoms with Crippen molar-refractivity contribution in [2.24, 2.45) is 0 Å². The Morgan fingerprint density at radius 3 is 2.37 bits per heavy atom. The Kier molecular flexibility index (Phi) is 3.91. The van der Waals surface area contributed by atoms with E-state index in [0.717, 1.165) is 17.7 Å². The number of alkyl halides is 3. The minimum atomic E-state index is -4.41. The third kappa shape index (κ3) is 3.14. The highest BCUT2D eigenvalue weighted by Gasteiger charge is 2.32. The van der Waals surface area contributed by atoms with E-state index in [1.807, 2.05) is 0 Å². The molecule has 1 aliphatic rings. The molecule has 8 heteroatoms. The zero-order valence-corrected chi connectivity index (χ0v) is 13.9. The lowest BCUT2D eigenvalue weighted by Crippen LogP contribution is -2.24. The molecule has 2 heterocycles. The van der Waals surface area contributed by atoms with Crippen molar-refractivity contribution >= 4 is 11.7 Å². The predicted octanol–water partition coefficient (Wildman–Crippen LogP) is 4.07. The van der Waals surface area contributed by atoms with Crippen LogP contribution in [0.3, 0.4) is 0 Å². The standard InChI is InChI=1S/C19H14F3N3O2/c20-19(21,22)12-3-5-13(6-4-12)25-10-23-17-15(9-16(27)24-18(17)25)11-1-7-14(26)8-2-11/h1-8,10,15,26H,9H2,(H,24,27). The molecule has 0 spiro atoms. The van der Waals surface area contributed by atoms with Crippen LogP contribution in [-0.2, 0) is 11.0 Å². The molecular weight excluding hydrogens is 359 g/mol. The fourth-order valence-corrected chi connectivity index (χ4v) is 3.20. The normalized spacial score (nSPS) is 16.7. The summed E-state index contributed by atoms with van der Waals surface area (Å²) in [6, 6.07) is 11.2. The first-order chi connectivity index (χ1) is 12.8. The van der Waals surface area contributed by atoms with Crippen LogP contribution in [0, 0.1) is 0 Å². The summed E-state index contributed by atoms with van der Waals surface area (Å²) in [6.07, 6.45) is -2.74. The SMILES string of the molecule is O=C1CC(c2ccc(O)cc2)c2ncn(-c3ccc(C(F)(F)F)cc3)c2N1. The van der Waals surface area contributed by atoms with Crippen molar-refractivity contribution in [1.82, 2.24) is 9.55 Å². The maximum absolute atomic E-state index is 12.8. The van der Waals surface area contributed by atoms with Crippen LogP contribution in [-0.4, -0.2) is 20.6 Å². The zero-order chi connectivity index (χ0) is 19.2. The molecule has 2 aromatic carbocycles. The number of aromatic nitrogens is 2. The number of phenolic OH excluding ortho intramolecular Hbond substituents is 1. The fourth-order valence-electron chi connectivity index (χ4n) is 3.20. The maximum atomic E-state index is 12.8. The Bertz CT molecular complexity index is 993. The predicted molar refractivity (Wildman–Crippen MR) is 91.8 cm³/mol. The number of amides is 1. The van der Waals surface area contributed by atoms with Gasteiger partial charge in [-0.2, -0.15) is 13.2 Å². The number of carbonyl (C=O) groups is 1. The first-order valence-electron chi connectivity index (χ1n) is 8.16. The quantitative estimate of drug-likeness (QED) is 0.712. The molecule has 3 aromatic rings. The van der Waals surface area contributed by atoms with Crippen molar-refractivity contribution in [3.8, 4) is 11.4 Å². The van der Waals surface area contributed by atoms with Gasteiger partial charge in [0.05, 0.1) is 11.3 Å². The third-order valence-electron chi connectivity index (χ3n) is 4.54. The lowest BCUT2D eigenvalue weighted by atomic mass is 9.90. The molecule has 0 fully saturated rings. The largest absolute Gasteiger partial charge is 0.508 e. The van der Waals surface area contributed by atoms with Crippen molar-refractivity contribution in [2.75, 3.05) is 5.32 Å².